The Labute approximate surface area is 130 Å². The lowest BCUT2D eigenvalue weighted by atomic mass is 10.2. The first kappa shape index (κ1) is 14.1. The zero-order valence-electron chi connectivity index (χ0n) is 12.6. The fourth-order valence-corrected chi connectivity index (χ4v) is 2.34. The molecule has 4 heteroatoms. The highest BCUT2D eigenvalue weighted by molar-refractivity contribution is 6.29. The lowest BCUT2D eigenvalue weighted by Gasteiger charge is -2.15. The van der Waals surface area contributed by atoms with Crippen LogP contribution in [0.5, 0.6) is 0 Å². The summed E-state index contributed by atoms with van der Waals surface area (Å²) in [6, 6.07) is 19.4. The van der Waals surface area contributed by atoms with E-state index in [-0.39, 0.29) is 5.91 Å². The minimum atomic E-state index is -0.105. The summed E-state index contributed by atoms with van der Waals surface area (Å²) >= 11 is 0. The number of hydrogen-bond acceptors (Lipinski definition) is 3. The number of carbonyl (C=O) groups excluding carboxylic acids is 1. The number of carbonyl (C=O) groups is 1. The molecule has 0 spiro atoms. The summed E-state index contributed by atoms with van der Waals surface area (Å²) in [4.78, 5) is 14.5. The van der Waals surface area contributed by atoms with E-state index in [1.165, 1.54) is 5.01 Å². The highest BCUT2D eigenvalue weighted by atomic mass is 16.2. The largest absolute Gasteiger partial charge is 0.350 e. The Balaban J connectivity index is 1.89. The zero-order valence-corrected chi connectivity index (χ0v) is 12.6. The molecule has 0 unspecified atom stereocenters. The minimum Gasteiger partial charge on any atom is -0.350 e. The smallest absolute Gasteiger partial charge is 0.282 e. The second kappa shape index (κ2) is 5.85. The summed E-state index contributed by atoms with van der Waals surface area (Å²) in [6.07, 6.45) is 1.83. The number of nitrogens with zero attached hydrogens (tertiary/aromatic N) is 3. The van der Waals surface area contributed by atoms with Crippen LogP contribution in [-0.4, -0.2) is 18.7 Å². The molecule has 110 valence electrons. The van der Waals surface area contributed by atoms with Crippen molar-refractivity contribution in [1.82, 2.24) is 0 Å². The van der Waals surface area contributed by atoms with E-state index in [1.807, 2.05) is 85.7 Å². The third-order valence-electron chi connectivity index (χ3n) is 3.55. The zero-order chi connectivity index (χ0) is 15.5. The van der Waals surface area contributed by atoms with Crippen molar-refractivity contribution < 1.29 is 4.79 Å². The standard InChI is InChI=1S/C18H17N3O/c1-14-17(13-20(2)15-9-5-3-6-10-15)18(22)21(19-14)16-11-7-4-8-12-16/h3-13H,1-2H3/b17-13-. The van der Waals surface area contributed by atoms with Gasteiger partial charge in [0.25, 0.3) is 5.91 Å². The van der Waals surface area contributed by atoms with E-state index in [9.17, 15) is 4.79 Å². The van der Waals surface area contributed by atoms with Crippen LogP contribution in [0.25, 0.3) is 0 Å². The van der Waals surface area contributed by atoms with Gasteiger partial charge in [0.05, 0.1) is 17.0 Å². The first-order valence-electron chi connectivity index (χ1n) is 7.11. The Morgan fingerprint density at radius 2 is 1.59 bits per heavy atom. The van der Waals surface area contributed by atoms with Crippen molar-refractivity contribution in [3.63, 3.8) is 0 Å². The van der Waals surface area contributed by atoms with Gasteiger partial charge in [-0.15, -0.1) is 0 Å². The molecule has 1 aliphatic rings. The van der Waals surface area contributed by atoms with Crippen molar-refractivity contribution in [3.8, 4) is 0 Å². The third-order valence-corrected chi connectivity index (χ3v) is 3.55. The van der Waals surface area contributed by atoms with Crippen LogP contribution in [0.1, 0.15) is 6.92 Å². The van der Waals surface area contributed by atoms with Crippen LogP contribution in [0.2, 0.25) is 0 Å². The fraction of sp³-hybridized carbons (Fsp3) is 0.111. The molecule has 0 saturated heterocycles. The Bertz CT molecular complexity index is 735. The molecular weight excluding hydrogens is 274 g/mol. The van der Waals surface area contributed by atoms with Gasteiger partial charge in [0, 0.05) is 18.9 Å². The molecule has 1 heterocycles. The van der Waals surface area contributed by atoms with Crippen molar-refractivity contribution >= 4 is 23.0 Å². The Morgan fingerprint density at radius 3 is 2.23 bits per heavy atom. The Morgan fingerprint density at radius 1 is 1.00 bits per heavy atom. The van der Waals surface area contributed by atoms with Crippen LogP contribution in [0.15, 0.2) is 77.5 Å². The van der Waals surface area contributed by atoms with Gasteiger partial charge in [-0.1, -0.05) is 36.4 Å². The molecule has 0 atom stereocenters. The number of anilines is 2. The van der Waals surface area contributed by atoms with Gasteiger partial charge in [0.1, 0.15) is 0 Å². The van der Waals surface area contributed by atoms with Gasteiger partial charge in [-0.05, 0) is 31.2 Å². The second-order valence-corrected chi connectivity index (χ2v) is 5.13. The van der Waals surface area contributed by atoms with E-state index in [4.69, 9.17) is 0 Å². The lowest BCUT2D eigenvalue weighted by molar-refractivity contribution is -0.114. The maximum Gasteiger partial charge on any atom is 0.282 e. The van der Waals surface area contributed by atoms with E-state index in [0.29, 0.717) is 5.57 Å². The predicted octanol–water partition coefficient (Wildman–Crippen LogP) is 3.43. The van der Waals surface area contributed by atoms with Crippen LogP contribution in [0.4, 0.5) is 11.4 Å². The van der Waals surface area contributed by atoms with Crippen molar-refractivity contribution in [2.75, 3.05) is 17.0 Å². The number of hydrazone groups is 1. The normalized spacial score (nSPS) is 16.1. The van der Waals surface area contributed by atoms with Crippen molar-refractivity contribution in [3.05, 3.63) is 72.4 Å². The molecule has 0 bridgehead atoms. The van der Waals surface area contributed by atoms with Crippen LogP contribution in [-0.2, 0) is 4.79 Å². The molecule has 0 aromatic heterocycles. The van der Waals surface area contributed by atoms with Gasteiger partial charge in [-0.25, -0.2) is 0 Å². The molecule has 3 rings (SSSR count). The molecule has 4 nitrogen and oxygen atoms in total. The highest BCUT2D eigenvalue weighted by Gasteiger charge is 2.29. The molecule has 0 saturated carbocycles. The SMILES string of the molecule is CC1=NN(c2ccccc2)C(=O)/C1=C\N(C)c1ccccc1. The summed E-state index contributed by atoms with van der Waals surface area (Å²) in [5.74, 6) is -0.105. The first-order valence-corrected chi connectivity index (χ1v) is 7.11. The second-order valence-electron chi connectivity index (χ2n) is 5.13. The molecule has 1 aliphatic heterocycles. The van der Waals surface area contributed by atoms with Crippen LogP contribution in [0.3, 0.4) is 0 Å². The number of rotatable bonds is 3. The summed E-state index contributed by atoms with van der Waals surface area (Å²) < 4.78 is 0. The molecule has 0 radical (unpaired) electrons. The van der Waals surface area contributed by atoms with E-state index in [1.54, 1.807) is 0 Å². The van der Waals surface area contributed by atoms with Crippen LogP contribution < -0.4 is 9.91 Å². The molecule has 22 heavy (non-hydrogen) atoms. The molecular formula is C18H17N3O. The average Bonchev–Trinajstić information content (AvgIpc) is 2.84. The molecule has 2 aromatic carbocycles. The van der Waals surface area contributed by atoms with Crippen LogP contribution in [0, 0.1) is 0 Å². The van der Waals surface area contributed by atoms with Gasteiger partial charge >= 0.3 is 0 Å². The third kappa shape index (κ3) is 2.63. The Kier molecular flexibility index (Phi) is 3.74. The fourth-order valence-electron chi connectivity index (χ4n) is 2.34. The van der Waals surface area contributed by atoms with Gasteiger partial charge in [0.2, 0.25) is 0 Å². The Hall–Kier alpha value is -2.88. The summed E-state index contributed by atoms with van der Waals surface area (Å²) in [6.45, 7) is 1.85. The maximum atomic E-state index is 12.6. The number of hydrogen-bond donors (Lipinski definition) is 0. The topological polar surface area (TPSA) is 35.9 Å². The number of benzene rings is 2. The quantitative estimate of drug-likeness (QED) is 0.812. The molecule has 0 aliphatic carbocycles. The lowest BCUT2D eigenvalue weighted by Crippen LogP contribution is -2.23. The van der Waals surface area contributed by atoms with E-state index in [2.05, 4.69) is 5.10 Å². The van der Waals surface area contributed by atoms with Crippen molar-refractivity contribution in [1.29, 1.82) is 0 Å². The number of amides is 1. The van der Waals surface area contributed by atoms with Gasteiger partial charge in [0.15, 0.2) is 0 Å². The summed E-state index contributed by atoms with van der Waals surface area (Å²) in [5, 5.41) is 5.82. The van der Waals surface area contributed by atoms with Gasteiger partial charge in [-0.2, -0.15) is 10.1 Å². The van der Waals surface area contributed by atoms with Crippen LogP contribution >= 0.6 is 0 Å². The predicted molar refractivity (Wildman–Crippen MR) is 90.0 cm³/mol. The van der Waals surface area contributed by atoms with E-state index < -0.39 is 0 Å². The summed E-state index contributed by atoms with van der Waals surface area (Å²) in [5.41, 5.74) is 3.12. The molecule has 0 fully saturated rings. The van der Waals surface area contributed by atoms with Crippen molar-refractivity contribution in [2.45, 2.75) is 6.92 Å². The molecule has 1 amide bonds. The van der Waals surface area contributed by atoms with Gasteiger partial charge in [-0.3, -0.25) is 4.79 Å². The van der Waals surface area contributed by atoms with Crippen molar-refractivity contribution in [2.24, 2.45) is 5.10 Å². The highest BCUT2D eigenvalue weighted by Crippen LogP contribution is 2.24. The minimum absolute atomic E-state index is 0.105. The average molecular weight is 291 g/mol. The van der Waals surface area contributed by atoms with Gasteiger partial charge < -0.3 is 4.90 Å². The first-order chi connectivity index (χ1) is 10.7. The molecule has 2 aromatic rings. The van der Waals surface area contributed by atoms with E-state index in [0.717, 1.165) is 17.1 Å². The molecule has 0 N–H and O–H groups in total. The monoisotopic (exact) mass is 291 g/mol. The maximum absolute atomic E-state index is 12.6. The number of para-hydroxylation sites is 2. The summed E-state index contributed by atoms with van der Waals surface area (Å²) in [7, 11) is 1.92. The van der Waals surface area contributed by atoms with E-state index >= 15 is 0 Å².